The van der Waals surface area contributed by atoms with Gasteiger partial charge in [0.2, 0.25) is 29.5 Å². The summed E-state index contributed by atoms with van der Waals surface area (Å²) in [6.45, 7) is 0.343. The Kier molecular flexibility index (Phi) is 12.7. The van der Waals surface area contributed by atoms with Gasteiger partial charge in [-0.25, -0.2) is 4.79 Å². The molecule has 0 fully saturated rings. The quantitative estimate of drug-likeness (QED) is 0.0876. The number of aromatic nitrogens is 1. The minimum Gasteiger partial charge on any atom is -0.480 e. The van der Waals surface area contributed by atoms with Crippen LogP contribution in [0.5, 0.6) is 0 Å². The van der Waals surface area contributed by atoms with Gasteiger partial charge < -0.3 is 49.0 Å². The number of benzene rings is 1. The number of hydrogen-bond acceptors (Lipinski definition) is 8. The zero-order valence-electron chi connectivity index (χ0n) is 22.6. The molecule has 4 atom stereocenters. The molecule has 0 saturated carbocycles. The van der Waals surface area contributed by atoms with Crippen LogP contribution in [0.15, 0.2) is 30.5 Å². The largest absolute Gasteiger partial charge is 0.480 e. The molecule has 0 radical (unpaired) electrons. The average molecular weight is 575 g/mol. The molecule has 41 heavy (non-hydrogen) atoms. The van der Waals surface area contributed by atoms with Gasteiger partial charge in [0.25, 0.3) is 0 Å². The Morgan fingerprint density at radius 3 is 2.10 bits per heavy atom. The third-order valence-electron chi connectivity index (χ3n) is 6.36. The SMILES string of the molecule is NCCCCC(NC(=O)C(CCC(N)=O)NC(=O)C(CC(N)=O)NC(=O)C(N)Cc1c[nH]c2ccccc12)C(=O)O. The number of carbonyl (C=O) groups excluding carboxylic acids is 5. The van der Waals surface area contributed by atoms with E-state index < -0.39 is 66.1 Å². The Morgan fingerprint density at radius 2 is 1.46 bits per heavy atom. The number of fused-ring (bicyclic) bond motifs is 1. The molecule has 15 nitrogen and oxygen atoms in total. The normalized spacial score (nSPS) is 13.9. The van der Waals surface area contributed by atoms with Gasteiger partial charge in [-0.3, -0.25) is 24.0 Å². The van der Waals surface area contributed by atoms with Gasteiger partial charge in [0.05, 0.1) is 12.5 Å². The van der Waals surface area contributed by atoms with E-state index in [0.29, 0.717) is 19.4 Å². The summed E-state index contributed by atoms with van der Waals surface area (Å²) >= 11 is 0. The highest BCUT2D eigenvalue weighted by atomic mass is 16.4. The van der Waals surface area contributed by atoms with Crippen LogP contribution in [0.3, 0.4) is 0 Å². The van der Waals surface area contributed by atoms with E-state index in [1.54, 1.807) is 6.20 Å². The number of rotatable bonds is 18. The molecular formula is C26H38N8O7. The second kappa shape index (κ2) is 15.9. The van der Waals surface area contributed by atoms with E-state index in [0.717, 1.165) is 16.5 Å². The molecule has 0 aliphatic carbocycles. The lowest BCUT2D eigenvalue weighted by molar-refractivity contribution is -0.142. The van der Waals surface area contributed by atoms with E-state index in [9.17, 15) is 33.9 Å². The maximum absolute atomic E-state index is 13.1. The lowest BCUT2D eigenvalue weighted by Crippen LogP contribution is -2.58. The number of H-pyrrole nitrogens is 1. The molecule has 224 valence electrons. The second-order valence-corrected chi connectivity index (χ2v) is 9.65. The summed E-state index contributed by atoms with van der Waals surface area (Å²) < 4.78 is 0. The Hall–Kier alpha value is -4.50. The number of nitrogens with one attached hydrogen (secondary N) is 4. The van der Waals surface area contributed by atoms with Crippen molar-refractivity contribution in [3.05, 3.63) is 36.0 Å². The summed E-state index contributed by atoms with van der Waals surface area (Å²) in [5, 5.41) is 17.4. The van der Waals surface area contributed by atoms with Crippen LogP contribution < -0.4 is 38.9 Å². The molecule has 0 aliphatic heterocycles. The summed E-state index contributed by atoms with van der Waals surface area (Å²) in [7, 11) is 0. The van der Waals surface area contributed by atoms with Crippen LogP contribution >= 0.6 is 0 Å². The lowest BCUT2D eigenvalue weighted by atomic mass is 10.0. The number of nitrogens with two attached hydrogens (primary N) is 4. The predicted octanol–water partition coefficient (Wildman–Crippen LogP) is -2.15. The number of carboxylic acids is 1. The number of para-hydroxylation sites is 1. The zero-order chi connectivity index (χ0) is 30.5. The fourth-order valence-electron chi connectivity index (χ4n) is 4.17. The molecular weight excluding hydrogens is 536 g/mol. The van der Waals surface area contributed by atoms with E-state index in [4.69, 9.17) is 22.9 Å². The second-order valence-electron chi connectivity index (χ2n) is 9.65. The Bertz CT molecular complexity index is 1250. The molecule has 13 N–H and O–H groups in total. The van der Waals surface area contributed by atoms with Gasteiger partial charge in [0.1, 0.15) is 18.1 Å². The number of carboxylic acid groups (broad SMARTS) is 1. The number of unbranched alkanes of at least 4 members (excludes halogenated alkanes) is 1. The van der Waals surface area contributed by atoms with Gasteiger partial charge in [-0.1, -0.05) is 18.2 Å². The highest BCUT2D eigenvalue weighted by molar-refractivity contribution is 5.96. The smallest absolute Gasteiger partial charge is 0.326 e. The van der Waals surface area contributed by atoms with Crippen molar-refractivity contribution in [2.45, 2.75) is 69.1 Å². The van der Waals surface area contributed by atoms with Crippen molar-refractivity contribution < 1.29 is 33.9 Å². The van der Waals surface area contributed by atoms with Crippen molar-refractivity contribution in [1.82, 2.24) is 20.9 Å². The summed E-state index contributed by atoms with van der Waals surface area (Å²) in [4.78, 5) is 76.7. The van der Waals surface area contributed by atoms with Crippen molar-refractivity contribution in [2.75, 3.05) is 6.54 Å². The Morgan fingerprint density at radius 1 is 0.829 bits per heavy atom. The third kappa shape index (κ3) is 10.5. The first-order valence-electron chi connectivity index (χ1n) is 13.1. The van der Waals surface area contributed by atoms with Crippen molar-refractivity contribution in [1.29, 1.82) is 0 Å². The standard InChI is InChI=1S/C26H38N8O7/c27-10-4-3-7-19(26(40)41)33-24(38)18(8-9-21(29)35)32-25(39)20(12-22(30)36)34-23(37)16(28)11-14-13-31-17-6-2-1-5-15(14)17/h1-2,5-6,13,16,18-20,31H,3-4,7-12,27-28H2,(H2,29,35)(H2,30,36)(H,32,39)(H,33,38)(H,34,37)(H,40,41). The topological polar surface area (TPSA) is 279 Å². The number of aromatic amines is 1. The first-order valence-corrected chi connectivity index (χ1v) is 13.1. The van der Waals surface area contributed by atoms with Crippen LogP contribution in [0.4, 0.5) is 0 Å². The molecule has 15 heteroatoms. The van der Waals surface area contributed by atoms with E-state index in [1.165, 1.54) is 0 Å². The number of primary amides is 2. The molecule has 5 amide bonds. The summed E-state index contributed by atoms with van der Waals surface area (Å²) in [5.74, 6) is -5.57. The fourth-order valence-corrected chi connectivity index (χ4v) is 4.17. The van der Waals surface area contributed by atoms with Gasteiger partial charge in [-0.2, -0.15) is 0 Å². The highest BCUT2D eigenvalue weighted by Gasteiger charge is 2.31. The molecule has 1 aromatic carbocycles. The summed E-state index contributed by atoms with van der Waals surface area (Å²) in [6, 6.07) is 2.13. The summed E-state index contributed by atoms with van der Waals surface area (Å²) in [6.07, 6.45) is 1.70. The predicted molar refractivity (Wildman–Crippen MR) is 149 cm³/mol. The number of amides is 5. The highest BCUT2D eigenvalue weighted by Crippen LogP contribution is 2.18. The molecule has 0 bridgehead atoms. The number of hydrogen-bond donors (Lipinski definition) is 9. The summed E-state index contributed by atoms with van der Waals surface area (Å²) in [5.41, 5.74) is 23.6. The van der Waals surface area contributed by atoms with Crippen molar-refractivity contribution >= 4 is 46.4 Å². The first-order chi connectivity index (χ1) is 19.4. The van der Waals surface area contributed by atoms with Crippen LogP contribution in [-0.2, 0) is 35.2 Å². The first kappa shape index (κ1) is 32.7. The number of aliphatic carboxylic acids is 1. The molecule has 1 heterocycles. The Balaban J connectivity index is 2.13. The Labute approximate surface area is 236 Å². The fraction of sp³-hybridized carbons (Fsp3) is 0.462. The molecule has 2 rings (SSSR count). The number of carbonyl (C=O) groups is 6. The van der Waals surface area contributed by atoms with E-state index >= 15 is 0 Å². The van der Waals surface area contributed by atoms with Crippen molar-refractivity contribution in [3.8, 4) is 0 Å². The van der Waals surface area contributed by atoms with E-state index in [2.05, 4.69) is 20.9 Å². The van der Waals surface area contributed by atoms with Gasteiger partial charge in [-0.15, -0.1) is 0 Å². The van der Waals surface area contributed by atoms with Crippen LogP contribution in [0, 0.1) is 0 Å². The van der Waals surface area contributed by atoms with Crippen molar-refractivity contribution in [3.63, 3.8) is 0 Å². The zero-order valence-corrected chi connectivity index (χ0v) is 22.6. The molecule has 0 saturated heterocycles. The monoisotopic (exact) mass is 574 g/mol. The van der Waals surface area contributed by atoms with Crippen LogP contribution in [0.25, 0.3) is 10.9 Å². The van der Waals surface area contributed by atoms with Crippen LogP contribution in [0.1, 0.15) is 44.1 Å². The van der Waals surface area contributed by atoms with Gasteiger partial charge in [-0.05, 0) is 50.3 Å². The van der Waals surface area contributed by atoms with Gasteiger partial charge >= 0.3 is 5.97 Å². The maximum Gasteiger partial charge on any atom is 0.326 e. The van der Waals surface area contributed by atoms with Crippen LogP contribution in [0.2, 0.25) is 0 Å². The van der Waals surface area contributed by atoms with Crippen molar-refractivity contribution in [2.24, 2.45) is 22.9 Å². The molecule has 1 aromatic heterocycles. The molecule has 0 spiro atoms. The van der Waals surface area contributed by atoms with Gasteiger partial charge in [0, 0.05) is 23.5 Å². The van der Waals surface area contributed by atoms with E-state index in [1.807, 2.05) is 24.3 Å². The molecule has 0 aliphatic rings. The molecule has 2 aromatic rings. The molecule has 4 unspecified atom stereocenters. The maximum atomic E-state index is 13.1. The average Bonchev–Trinajstić information content (AvgIpc) is 3.32. The van der Waals surface area contributed by atoms with Gasteiger partial charge in [0.15, 0.2) is 0 Å². The van der Waals surface area contributed by atoms with Crippen LogP contribution in [-0.4, -0.2) is 76.3 Å². The minimum absolute atomic E-state index is 0.0867. The minimum atomic E-state index is -1.50. The third-order valence-corrected chi connectivity index (χ3v) is 6.36. The lowest BCUT2D eigenvalue weighted by Gasteiger charge is -2.24. The van der Waals surface area contributed by atoms with E-state index in [-0.39, 0.29) is 25.7 Å².